The molecule has 0 amide bonds. The molecule has 0 saturated carbocycles. The monoisotopic (exact) mass is 276 g/mol. The molecule has 1 aromatic rings. The summed E-state index contributed by atoms with van der Waals surface area (Å²) in [7, 11) is 3.59. The molecular formula is C16H24N2O2. The number of rotatable bonds is 4. The van der Waals surface area contributed by atoms with Crippen LogP contribution in [0.3, 0.4) is 0 Å². The molecule has 1 fully saturated rings. The number of esters is 1. The normalized spacial score (nSPS) is 19.6. The SMILES string of the molecule is COC(=O)c1ccc(C)c(NCC2CCCN(C)C2)c1. The summed E-state index contributed by atoms with van der Waals surface area (Å²) in [4.78, 5) is 14.0. The van der Waals surface area contributed by atoms with E-state index in [1.807, 2.05) is 12.1 Å². The fraction of sp³-hybridized carbons (Fsp3) is 0.562. The van der Waals surface area contributed by atoms with Crippen molar-refractivity contribution < 1.29 is 9.53 Å². The lowest BCUT2D eigenvalue weighted by molar-refractivity contribution is 0.0601. The number of piperidine rings is 1. The standard InChI is InChI=1S/C16H24N2O2/c1-12-6-7-14(16(19)20-3)9-15(12)17-10-13-5-4-8-18(2)11-13/h6-7,9,13,17H,4-5,8,10-11H2,1-3H3. The van der Waals surface area contributed by atoms with Gasteiger partial charge >= 0.3 is 5.97 Å². The van der Waals surface area contributed by atoms with Gasteiger partial charge in [-0.3, -0.25) is 0 Å². The highest BCUT2D eigenvalue weighted by atomic mass is 16.5. The lowest BCUT2D eigenvalue weighted by Crippen LogP contribution is -2.35. The van der Waals surface area contributed by atoms with Crippen LogP contribution in [0.15, 0.2) is 18.2 Å². The number of methoxy groups -OCH3 is 1. The predicted molar refractivity (Wildman–Crippen MR) is 81.2 cm³/mol. The Morgan fingerprint density at radius 2 is 2.30 bits per heavy atom. The quantitative estimate of drug-likeness (QED) is 0.858. The van der Waals surface area contributed by atoms with Gasteiger partial charge in [0.05, 0.1) is 12.7 Å². The van der Waals surface area contributed by atoms with Gasteiger partial charge in [-0.2, -0.15) is 0 Å². The van der Waals surface area contributed by atoms with Crippen LogP contribution in [0.1, 0.15) is 28.8 Å². The second-order valence-corrected chi connectivity index (χ2v) is 5.67. The maximum absolute atomic E-state index is 11.6. The molecule has 0 spiro atoms. The predicted octanol–water partition coefficient (Wildman–Crippen LogP) is 2.54. The third kappa shape index (κ3) is 3.73. The van der Waals surface area contributed by atoms with Crippen LogP contribution in [0, 0.1) is 12.8 Å². The van der Waals surface area contributed by atoms with Crippen LogP contribution < -0.4 is 5.32 Å². The van der Waals surface area contributed by atoms with E-state index in [0.717, 1.165) is 24.3 Å². The highest BCUT2D eigenvalue weighted by Gasteiger charge is 2.17. The van der Waals surface area contributed by atoms with E-state index in [2.05, 4.69) is 24.2 Å². The maximum Gasteiger partial charge on any atom is 0.337 e. The average molecular weight is 276 g/mol. The van der Waals surface area contributed by atoms with E-state index in [9.17, 15) is 4.79 Å². The second kappa shape index (κ2) is 6.75. The number of hydrogen-bond donors (Lipinski definition) is 1. The molecule has 2 rings (SSSR count). The van der Waals surface area contributed by atoms with Gasteiger partial charge in [-0.1, -0.05) is 6.07 Å². The molecule has 0 aliphatic carbocycles. The van der Waals surface area contributed by atoms with Gasteiger partial charge in [-0.25, -0.2) is 4.79 Å². The average Bonchev–Trinajstić information content (AvgIpc) is 2.45. The van der Waals surface area contributed by atoms with Crippen molar-refractivity contribution in [2.24, 2.45) is 5.92 Å². The fourth-order valence-corrected chi connectivity index (χ4v) is 2.75. The third-order valence-corrected chi connectivity index (χ3v) is 3.96. The Morgan fingerprint density at radius 3 is 3.00 bits per heavy atom. The Morgan fingerprint density at radius 1 is 1.50 bits per heavy atom. The maximum atomic E-state index is 11.6. The molecule has 1 atom stereocenters. The minimum absolute atomic E-state index is 0.287. The molecular weight excluding hydrogens is 252 g/mol. The number of benzene rings is 1. The van der Waals surface area contributed by atoms with Crippen LogP contribution >= 0.6 is 0 Å². The molecule has 0 bridgehead atoms. The topological polar surface area (TPSA) is 41.6 Å². The molecule has 4 nitrogen and oxygen atoms in total. The van der Waals surface area contributed by atoms with Gasteiger partial charge in [0.15, 0.2) is 0 Å². The first-order chi connectivity index (χ1) is 9.60. The van der Waals surface area contributed by atoms with E-state index in [1.165, 1.54) is 26.5 Å². The van der Waals surface area contributed by atoms with Crippen LogP contribution in [0.2, 0.25) is 0 Å². The molecule has 1 saturated heterocycles. The minimum atomic E-state index is -0.287. The Balaban J connectivity index is 1.99. The van der Waals surface area contributed by atoms with Gasteiger partial charge in [-0.05, 0) is 57.0 Å². The summed E-state index contributed by atoms with van der Waals surface area (Å²) in [5.41, 5.74) is 2.78. The van der Waals surface area contributed by atoms with Gasteiger partial charge in [0.2, 0.25) is 0 Å². The summed E-state index contributed by atoms with van der Waals surface area (Å²) < 4.78 is 4.77. The molecule has 1 N–H and O–H groups in total. The summed E-state index contributed by atoms with van der Waals surface area (Å²) >= 11 is 0. The van der Waals surface area contributed by atoms with E-state index in [0.29, 0.717) is 11.5 Å². The third-order valence-electron chi connectivity index (χ3n) is 3.96. The lowest BCUT2D eigenvalue weighted by Gasteiger charge is -2.30. The molecule has 110 valence electrons. The minimum Gasteiger partial charge on any atom is -0.465 e. The number of aryl methyl sites for hydroxylation is 1. The van der Waals surface area contributed by atoms with Gasteiger partial charge < -0.3 is 15.0 Å². The van der Waals surface area contributed by atoms with Crippen LogP contribution in [-0.2, 0) is 4.74 Å². The molecule has 1 heterocycles. The Labute approximate surface area is 121 Å². The summed E-state index contributed by atoms with van der Waals surface area (Å²) in [6.45, 7) is 5.35. The van der Waals surface area contributed by atoms with Gasteiger partial charge in [-0.15, -0.1) is 0 Å². The summed E-state index contributed by atoms with van der Waals surface area (Å²) in [6.07, 6.45) is 2.54. The van der Waals surface area contributed by atoms with Crippen molar-refractivity contribution in [3.63, 3.8) is 0 Å². The lowest BCUT2D eigenvalue weighted by atomic mass is 9.98. The molecule has 1 aromatic carbocycles. The number of ether oxygens (including phenoxy) is 1. The van der Waals surface area contributed by atoms with Crippen LogP contribution in [-0.4, -0.2) is 44.7 Å². The smallest absolute Gasteiger partial charge is 0.337 e. The largest absolute Gasteiger partial charge is 0.465 e. The van der Waals surface area contributed by atoms with Gasteiger partial charge in [0.25, 0.3) is 0 Å². The van der Waals surface area contributed by atoms with Gasteiger partial charge in [0.1, 0.15) is 0 Å². The van der Waals surface area contributed by atoms with Crippen molar-refractivity contribution in [1.82, 2.24) is 4.90 Å². The number of carbonyl (C=O) groups excluding carboxylic acids is 1. The van der Waals surface area contributed by atoms with E-state index < -0.39 is 0 Å². The fourth-order valence-electron chi connectivity index (χ4n) is 2.75. The molecule has 20 heavy (non-hydrogen) atoms. The number of likely N-dealkylation sites (tertiary alicyclic amines) is 1. The van der Waals surface area contributed by atoms with E-state index in [-0.39, 0.29) is 5.97 Å². The summed E-state index contributed by atoms with van der Waals surface area (Å²) in [5.74, 6) is 0.389. The van der Waals surface area contributed by atoms with E-state index in [4.69, 9.17) is 4.74 Å². The molecule has 1 unspecified atom stereocenters. The number of anilines is 1. The zero-order valence-corrected chi connectivity index (χ0v) is 12.6. The van der Waals surface area contributed by atoms with Crippen molar-refractivity contribution in [3.05, 3.63) is 29.3 Å². The van der Waals surface area contributed by atoms with Crippen LogP contribution in [0.5, 0.6) is 0 Å². The van der Waals surface area contributed by atoms with Gasteiger partial charge in [0, 0.05) is 18.8 Å². The Hall–Kier alpha value is -1.55. The van der Waals surface area contributed by atoms with Crippen LogP contribution in [0.4, 0.5) is 5.69 Å². The van der Waals surface area contributed by atoms with Crippen molar-refractivity contribution in [3.8, 4) is 0 Å². The second-order valence-electron chi connectivity index (χ2n) is 5.67. The summed E-state index contributed by atoms with van der Waals surface area (Å²) in [5, 5.41) is 3.49. The van der Waals surface area contributed by atoms with Crippen molar-refractivity contribution in [2.75, 3.05) is 39.1 Å². The molecule has 1 aliphatic rings. The van der Waals surface area contributed by atoms with Crippen molar-refractivity contribution in [2.45, 2.75) is 19.8 Å². The van der Waals surface area contributed by atoms with E-state index in [1.54, 1.807) is 6.07 Å². The highest BCUT2D eigenvalue weighted by molar-refractivity contribution is 5.90. The first-order valence-electron chi connectivity index (χ1n) is 7.21. The Bertz CT molecular complexity index is 474. The molecule has 4 heteroatoms. The summed E-state index contributed by atoms with van der Waals surface area (Å²) in [6, 6.07) is 5.65. The zero-order valence-electron chi connectivity index (χ0n) is 12.6. The highest BCUT2D eigenvalue weighted by Crippen LogP contribution is 2.20. The number of nitrogens with zero attached hydrogens (tertiary/aromatic N) is 1. The van der Waals surface area contributed by atoms with Crippen LogP contribution in [0.25, 0.3) is 0 Å². The Kier molecular flexibility index (Phi) is 5.01. The van der Waals surface area contributed by atoms with Crippen molar-refractivity contribution in [1.29, 1.82) is 0 Å². The first kappa shape index (κ1) is 14.9. The van der Waals surface area contributed by atoms with E-state index >= 15 is 0 Å². The number of hydrogen-bond acceptors (Lipinski definition) is 4. The first-order valence-corrected chi connectivity index (χ1v) is 7.21. The van der Waals surface area contributed by atoms with Crippen molar-refractivity contribution >= 4 is 11.7 Å². The molecule has 0 aromatic heterocycles. The number of nitrogens with one attached hydrogen (secondary N) is 1. The zero-order chi connectivity index (χ0) is 14.5. The molecule has 0 radical (unpaired) electrons. The molecule has 1 aliphatic heterocycles. The number of carbonyl (C=O) groups is 1.